The van der Waals surface area contributed by atoms with E-state index < -0.39 is 17.4 Å². The fourth-order valence-electron chi connectivity index (χ4n) is 2.28. The van der Waals surface area contributed by atoms with Crippen LogP contribution in [-0.2, 0) is 19.7 Å². The van der Waals surface area contributed by atoms with Crippen LogP contribution in [0.1, 0.15) is 18.4 Å². The lowest BCUT2D eigenvalue weighted by Gasteiger charge is -2.20. The molecular weight excluding hydrogens is 289 g/mol. The van der Waals surface area contributed by atoms with E-state index >= 15 is 0 Å². The Morgan fingerprint density at radius 1 is 1.41 bits per heavy atom. The van der Waals surface area contributed by atoms with Crippen LogP contribution in [0.2, 0.25) is 0 Å². The second-order valence-electron chi connectivity index (χ2n) is 5.28. The van der Waals surface area contributed by atoms with Crippen LogP contribution in [0.3, 0.4) is 0 Å². The van der Waals surface area contributed by atoms with Crippen molar-refractivity contribution in [2.75, 3.05) is 13.2 Å². The quantitative estimate of drug-likeness (QED) is 0.565. The van der Waals surface area contributed by atoms with E-state index in [1.165, 1.54) is 18.2 Å². The zero-order valence-electron chi connectivity index (χ0n) is 12.0. The van der Waals surface area contributed by atoms with Gasteiger partial charge in [-0.3, -0.25) is 4.79 Å². The molecule has 0 saturated heterocycles. The molecule has 5 nitrogen and oxygen atoms in total. The molecule has 0 aliphatic heterocycles. The van der Waals surface area contributed by atoms with Crippen LogP contribution < -0.4 is 5.32 Å². The molecule has 1 saturated carbocycles. The Bertz CT molecular complexity index is 566. The highest BCUT2D eigenvalue weighted by Crippen LogP contribution is 2.48. The van der Waals surface area contributed by atoms with E-state index in [2.05, 4.69) is 11.9 Å². The predicted octanol–water partition coefficient (Wildman–Crippen LogP) is 1.63. The number of carbonyl (C=O) groups excluding carboxylic acids is 1. The van der Waals surface area contributed by atoms with Crippen molar-refractivity contribution in [3.05, 3.63) is 48.3 Å². The molecule has 1 aliphatic rings. The van der Waals surface area contributed by atoms with Gasteiger partial charge in [-0.25, -0.2) is 9.18 Å². The normalized spacial score (nSPS) is 16.6. The molecule has 0 radical (unpaired) electrons. The van der Waals surface area contributed by atoms with Crippen molar-refractivity contribution in [2.24, 2.45) is 0 Å². The lowest BCUT2D eigenvalue weighted by atomic mass is 9.94. The monoisotopic (exact) mass is 307 g/mol. The molecule has 1 unspecified atom stereocenters. The topological polar surface area (TPSA) is 75.6 Å². The largest absolute Gasteiger partial charge is 0.480 e. The van der Waals surface area contributed by atoms with Crippen LogP contribution in [0.4, 0.5) is 4.39 Å². The number of carboxylic acid groups (broad SMARTS) is 1. The minimum atomic E-state index is -1.16. The number of halogens is 1. The molecule has 0 bridgehead atoms. The summed E-state index contributed by atoms with van der Waals surface area (Å²) < 4.78 is 18.1. The summed E-state index contributed by atoms with van der Waals surface area (Å²) >= 11 is 0. The van der Waals surface area contributed by atoms with Crippen molar-refractivity contribution < 1.29 is 23.8 Å². The zero-order chi connectivity index (χ0) is 16.2. The van der Waals surface area contributed by atoms with Crippen LogP contribution in [0.25, 0.3) is 0 Å². The number of rotatable bonds is 8. The highest BCUT2D eigenvalue weighted by atomic mass is 19.1. The van der Waals surface area contributed by atoms with E-state index in [0.29, 0.717) is 18.4 Å². The maximum absolute atomic E-state index is 13.0. The highest BCUT2D eigenvalue weighted by Gasteiger charge is 2.51. The van der Waals surface area contributed by atoms with Crippen LogP contribution in [0.5, 0.6) is 0 Å². The number of benzene rings is 1. The van der Waals surface area contributed by atoms with Crippen molar-refractivity contribution in [1.29, 1.82) is 0 Å². The molecular formula is C16H18FNO4. The van der Waals surface area contributed by atoms with Gasteiger partial charge in [0, 0.05) is 0 Å². The molecule has 2 rings (SSSR count). The van der Waals surface area contributed by atoms with Gasteiger partial charge in [0.25, 0.3) is 0 Å². The molecule has 1 aromatic carbocycles. The van der Waals surface area contributed by atoms with E-state index in [9.17, 15) is 14.0 Å². The number of carboxylic acids is 1. The van der Waals surface area contributed by atoms with Gasteiger partial charge < -0.3 is 15.2 Å². The molecule has 118 valence electrons. The van der Waals surface area contributed by atoms with E-state index in [-0.39, 0.29) is 24.9 Å². The maximum Gasteiger partial charge on any atom is 0.328 e. The smallest absolute Gasteiger partial charge is 0.328 e. The van der Waals surface area contributed by atoms with Crippen molar-refractivity contribution in [2.45, 2.75) is 24.3 Å². The van der Waals surface area contributed by atoms with E-state index in [0.717, 1.165) is 0 Å². The Hall–Kier alpha value is -2.21. The average Bonchev–Trinajstić information content (AvgIpc) is 3.28. The third-order valence-electron chi connectivity index (χ3n) is 3.71. The second kappa shape index (κ2) is 6.70. The Kier molecular flexibility index (Phi) is 4.92. The second-order valence-corrected chi connectivity index (χ2v) is 5.28. The number of nitrogens with one attached hydrogen (secondary N) is 1. The van der Waals surface area contributed by atoms with Gasteiger partial charge in [-0.15, -0.1) is 6.58 Å². The SMILES string of the molecule is C=CCOCC(NC(=O)C1(c2ccc(F)cc2)CC1)C(=O)O. The van der Waals surface area contributed by atoms with Crippen molar-refractivity contribution >= 4 is 11.9 Å². The van der Waals surface area contributed by atoms with Crippen molar-refractivity contribution in [3.63, 3.8) is 0 Å². The van der Waals surface area contributed by atoms with Gasteiger partial charge in [0.1, 0.15) is 5.82 Å². The molecule has 0 spiro atoms. The third kappa shape index (κ3) is 3.51. The molecule has 0 heterocycles. The van der Waals surface area contributed by atoms with Gasteiger partial charge >= 0.3 is 5.97 Å². The molecule has 1 amide bonds. The summed E-state index contributed by atoms with van der Waals surface area (Å²) in [5.41, 5.74) is -0.0534. The summed E-state index contributed by atoms with van der Waals surface area (Å²) in [6.07, 6.45) is 2.73. The molecule has 2 N–H and O–H groups in total. The lowest BCUT2D eigenvalue weighted by Crippen LogP contribution is -2.48. The minimum Gasteiger partial charge on any atom is -0.480 e. The van der Waals surface area contributed by atoms with Gasteiger partial charge in [0.05, 0.1) is 18.6 Å². The van der Waals surface area contributed by atoms with Crippen LogP contribution in [0.15, 0.2) is 36.9 Å². The van der Waals surface area contributed by atoms with E-state index in [1.807, 2.05) is 0 Å². The van der Waals surface area contributed by atoms with Gasteiger partial charge in [0.15, 0.2) is 6.04 Å². The first-order valence-electron chi connectivity index (χ1n) is 6.98. The zero-order valence-corrected chi connectivity index (χ0v) is 12.0. The molecule has 1 fully saturated rings. The Balaban J connectivity index is 2.04. The minimum absolute atomic E-state index is 0.132. The number of carbonyl (C=O) groups is 2. The number of hydrogen-bond acceptors (Lipinski definition) is 3. The van der Waals surface area contributed by atoms with Gasteiger partial charge in [-0.2, -0.15) is 0 Å². The number of amides is 1. The first-order chi connectivity index (χ1) is 10.5. The summed E-state index contributed by atoms with van der Waals surface area (Å²) in [6.45, 7) is 3.55. The number of aliphatic carboxylic acids is 1. The van der Waals surface area contributed by atoms with Crippen LogP contribution >= 0.6 is 0 Å². The third-order valence-corrected chi connectivity index (χ3v) is 3.71. The average molecular weight is 307 g/mol. The molecule has 1 atom stereocenters. The van der Waals surface area contributed by atoms with E-state index in [4.69, 9.17) is 9.84 Å². The van der Waals surface area contributed by atoms with Crippen molar-refractivity contribution in [1.82, 2.24) is 5.32 Å². The molecule has 1 aromatic rings. The first-order valence-corrected chi connectivity index (χ1v) is 6.98. The summed E-state index contributed by atoms with van der Waals surface area (Å²) in [4.78, 5) is 23.6. The molecule has 6 heteroatoms. The Morgan fingerprint density at radius 3 is 2.55 bits per heavy atom. The standard InChI is InChI=1S/C16H18FNO4/c1-2-9-22-10-13(14(19)20)18-15(21)16(7-8-16)11-3-5-12(17)6-4-11/h2-6,13H,1,7-10H2,(H,18,21)(H,19,20). The summed E-state index contributed by atoms with van der Waals surface area (Å²) in [5, 5.41) is 11.6. The van der Waals surface area contributed by atoms with Crippen molar-refractivity contribution in [3.8, 4) is 0 Å². The number of ether oxygens (including phenoxy) is 1. The lowest BCUT2D eigenvalue weighted by molar-refractivity contribution is -0.143. The fraction of sp³-hybridized carbons (Fsp3) is 0.375. The fourth-order valence-corrected chi connectivity index (χ4v) is 2.28. The van der Waals surface area contributed by atoms with Crippen LogP contribution in [0, 0.1) is 5.82 Å². The highest BCUT2D eigenvalue weighted by molar-refractivity contribution is 5.94. The number of hydrogen-bond donors (Lipinski definition) is 2. The summed E-state index contributed by atoms with van der Waals surface area (Å²) in [7, 11) is 0. The molecule has 0 aromatic heterocycles. The Labute approximate surface area is 127 Å². The molecule has 22 heavy (non-hydrogen) atoms. The summed E-state index contributed by atoms with van der Waals surface area (Å²) in [5.74, 6) is -1.90. The predicted molar refractivity (Wildman–Crippen MR) is 77.9 cm³/mol. The summed E-state index contributed by atoms with van der Waals surface area (Å²) in [6, 6.07) is 4.60. The maximum atomic E-state index is 13.0. The van der Waals surface area contributed by atoms with E-state index in [1.54, 1.807) is 12.1 Å². The van der Waals surface area contributed by atoms with Crippen LogP contribution in [-0.4, -0.2) is 36.2 Å². The molecule has 1 aliphatic carbocycles. The first kappa shape index (κ1) is 16.2. The van der Waals surface area contributed by atoms with Gasteiger partial charge in [0.2, 0.25) is 5.91 Å². The van der Waals surface area contributed by atoms with Gasteiger partial charge in [-0.05, 0) is 30.5 Å². The Morgan fingerprint density at radius 2 is 2.05 bits per heavy atom. The van der Waals surface area contributed by atoms with Gasteiger partial charge in [-0.1, -0.05) is 18.2 Å².